The summed E-state index contributed by atoms with van der Waals surface area (Å²) < 4.78 is 0. The molecule has 11 aromatic rings. The predicted molar refractivity (Wildman–Crippen MR) is 267 cm³/mol. The van der Waals surface area contributed by atoms with Gasteiger partial charge in [-0.2, -0.15) is 0 Å². The summed E-state index contributed by atoms with van der Waals surface area (Å²) in [4.78, 5) is 2.43. The van der Waals surface area contributed by atoms with Gasteiger partial charge in [0, 0.05) is 16.8 Å². The van der Waals surface area contributed by atoms with Crippen molar-refractivity contribution in [1.82, 2.24) is 0 Å². The summed E-state index contributed by atoms with van der Waals surface area (Å²) in [7, 11) is -2.69. The molecule has 0 spiro atoms. The van der Waals surface area contributed by atoms with E-state index in [1.807, 2.05) is 0 Å². The molecule has 0 fully saturated rings. The van der Waals surface area contributed by atoms with Crippen molar-refractivity contribution in [1.29, 1.82) is 0 Å². The molecule has 0 N–H and O–H groups in total. The smallest absolute Gasteiger partial charge is 0.181 e. The minimum Gasteiger partial charge on any atom is -0.310 e. The Morgan fingerprint density at radius 1 is 0.290 bits per heavy atom. The molecular weight excluding hydrogens is 763 g/mol. The van der Waals surface area contributed by atoms with Gasteiger partial charge in [-0.3, -0.25) is 0 Å². The van der Waals surface area contributed by atoms with E-state index in [1.54, 1.807) is 0 Å². The number of rotatable bonds is 7. The van der Waals surface area contributed by atoms with Gasteiger partial charge in [-0.25, -0.2) is 0 Å². The molecule has 1 nitrogen and oxygen atoms in total. The predicted octanol–water partition coefficient (Wildman–Crippen LogP) is 13.3. The number of nitrogens with zero attached hydrogens (tertiary/aromatic N) is 1. The lowest BCUT2D eigenvalue weighted by Crippen LogP contribution is -2.73. The SMILES string of the molecule is c1ccc(-c2ccc(N(c3ccc(-c4ccc5c(c4)-c4ccc6ccccc6c4[Si]5(c4ccccc4)c4ccccc4)cc3)c3cc4ccccc4c4ccccc34)cc2)cc1. The van der Waals surface area contributed by atoms with Crippen molar-refractivity contribution in [3.8, 4) is 33.4 Å². The van der Waals surface area contributed by atoms with E-state index >= 15 is 0 Å². The zero-order valence-electron chi connectivity index (χ0n) is 34.1. The average molecular weight is 804 g/mol. The van der Waals surface area contributed by atoms with Crippen molar-refractivity contribution >= 4 is 78.2 Å². The minimum atomic E-state index is -2.69. The maximum atomic E-state index is 2.47. The Morgan fingerprint density at radius 2 is 0.774 bits per heavy atom. The van der Waals surface area contributed by atoms with Crippen LogP contribution in [0.3, 0.4) is 0 Å². The Bertz CT molecular complexity index is 3390. The zero-order chi connectivity index (χ0) is 41.0. The Labute approximate surface area is 363 Å². The monoisotopic (exact) mass is 803 g/mol. The molecule has 0 atom stereocenters. The van der Waals surface area contributed by atoms with E-state index in [4.69, 9.17) is 0 Å². The molecule has 1 aliphatic heterocycles. The van der Waals surface area contributed by atoms with Gasteiger partial charge in [-0.05, 0) is 117 Å². The quantitative estimate of drug-likeness (QED) is 0.115. The zero-order valence-corrected chi connectivity index (χ0v) is 35.1. The van der Waals surface area contributed by atoms with Crippen LogP contribution in [0, 0.1) is 0 Å². The van der Waals surface area contributed by atoms with Crippen LogP contribution < -0.4 is 25.6 Å². The third kappa shape index (κ3) is 5.69. The van der Waals surface area contributed by atoms with Gasteiger partial charge in [0.05, 0.1) is 5.69 Å². The molecule has 0 radical (unpaired) electrons. The molecule has 1 heterocycles. The number of hydrogen-bond donors (Lipinski definition) is 0. The van der Waals surface area contributed by atoms with E-state index in [1.165, 1.54) is 86.4 Å². The van der Waals surface area contributed by atoms with Crippen LogP contribution in [0.4, 0.5) is 17.1 Å². The average Bonchev–Trinajstić information content (AvgIpc) is 3.66. The molecule has 12 rings (SSSR count). The largest absolute Gasteiger partial charge is 0.310 e. The van der Waals surface area contributed by atoms with Crippen LogP contribution in [0.5, 0.6) is 0 Å². The van der Waals surface area contributed by atoms with E-state index < -0.39 is 8.07 Å². The highest BCUT2D eigenvalue weighted by atomic mass is 28.3. The van der Waals surface area contributed by atoms with Crippen LogP contribution >= 0.6 is 0 Å². The second-order valence-electron chi connectivity index (χ2n) is 16.4. The molecule has 62 heavy (non-hydrogen) atoms. The van der Waals surface area contributed by atoms with Crippen LogP contribution in [0.1, 0.15) is 0 Å². The fourth-order valence-corrected chi connectivity index (χ4v) is 15.7. The molecule has 2 heteroatoms. The first-order chi connectivity index (χ1) is 30.8. The third-order valence-electron chi connectivity index (χ3n) is 13.1. The summed E-state index contributed by atoms with van der Waals surface area (Å²) in [6.07, 6.45) is 0. The van der Waals surface area contributed by atoms with Crippen LogP contribution in [0.2, 0.25) is 0 Å². The van der Waals surface area contributed by atoms with Gasteiger partial charge in [0.1, 0.15) is 0 Å². The van der Waals surface area contributed by atoms with Gasteiger partial charge in [-0.1, -0.05) is 212 Å². The first-order valence-corrected chi connectivity index (χ1v) is 23.5. The molecule has 0 aliphatic carbocycles. The van der Waals surface area contributed by atoms with E-state index in [0.29, 0.717) is 0 Å². The third-order valence-corrected chi connectivity index (χ3v) is 18.0. The Kier molecular flexibility index (Phi) is 8.58. The fraction of sp³-hybridized carbons (Fsp3) is 0. The fourth-order valence-electron chi connectivity index (χ4n) is 10.3. The lowest BCUT2D eigenvalue weighted by Gasteiger charge is -2.32. The van der Waals surface area contributed by atoms with Gasteiger partial charge in [0.15, 0.2) is 8.07 Å². The standard InChI is InChI=1S/C60H41NSi/c1-4-16-42(17-5-1)43-28-34-48(35-29-43)61(58-41-47-19-11-12-24-52(47)54-26-14-15-27-55(54)58)49-36-30-44(31-37-49)46-33-39-59-57(40-46)56-38-32-45-18-10-13-25-53(45)60(56)62(59,50-20-6-2-7-21-50)51-22-8-3-9-23-51/h1-41H. The Hall–Kier alpha value is -7.78. The summed E-state index contributed by atoms with van der Waals surface area (Å²) in [6, 6.07) is 92.4. The van der Waals surface area contributed by atoms with E-state index in [9.17, 15) is 0 Å². The first kappa shape index (κ1) is 36.1. The van der Waals surface area contributed by atoms with Gasteiger partial charge in [-0.15, -0.1) is 0 Å². The van der Waals surface area contributed by atoms with Crippen molar-refractivity contribution in [3.63, 3.8) is 0 Å². The normalized spacial score (nSPS) is 12.6. The lowest BCUT2D eigenvalue weighted by molar-refractivity contribution is 1.30. The molecule has 1 aliphatic rings. The molecule has 290 valence electrons. The molecule has 0 saturated heterocycles. The lowest BCUT2D eigenvalue weighted by atomic mass is 9.96. The van der Waals surface area contributed by atoms with Crippen molar-refractivity contribution in [2.75, 3.05) is 4.90 Å². The molecule has 0 saturated carbocycles. The van der Waals surface area contributed by atoms with Gasteiger partial charge >= 0.3 is 0 Å². The molecular formula is C60H41NSi. The topological polar surface area (TPSA) is 3.24 Å². The van der Waals surface area contributed by atoms with Crippen molar-refractivity contribution in [2.24, 2.45) is 0 Å². The maximum Gasteiger partial charge on any atom is 0.181 e. The number of hydrogen-bond acceptors (Lipinski definition) is 1. The molecule has 0 unspecified atom stereocenters. The maximum absolute atomic E-state index is 2.69. The van der Waals surface area contributed by atoms with E-state index in [0.717, 1.165) is 17.1 Å². The van der Waals surface area contributed by atoms with Gasteiger partial charge in [0.25, 0.3) is 0 Å². The second kappa shape index (κ2) is 14.7. The van der Waals surface area contributed by atoms with Crippen LogP contribution in [0.25, 0.3) is 65.7 Å². The van der Waals surface area contributed by atoms with Crippen LogP contribution in [-0.2, 0) is 0 Å². The Balaban J connectivity index is 1.02. The molecule has 11 aromatic carbocycles. The van der Waals surface area contributed by atoms with Crippen LogP contribution in [0.15, 0.2) is 249 Å². The highest BCUT2D eigenvalue weighted by Crippen LogP contribution is 2.43. The molecule has 0 bridgehead atoms. The first-order valence-electron chi connectivity index (χ1n) is 21.5. The second-order valence-corrected chi connectivity index (χ2v) is 20.1. The number of fused-ring (bicyclic) bond motifs is 8. The Morgan fingerprint density at radius 3 is 1.42 bits per heavy atom. The number of benzene rings is 11. The van der Waals surface area contributed by atoms with Crippen LogP contribution in [-0.4, -0.2) is 8.07 Å². The van der Waals surface area contributed by atoms with Gasteiger partial charge < -0.3 is 4.90 Å². The van der Waals surface area contributed by atoms with Crippen molar-refractivity contribution < 1.29 is 0 Å². The minimum absolute atomic E-state index is 1.11. The van der Waals surface area contributed by atoms with Gasteiger partial charge in [0.2, 0.25) is 0 Å². The summed E-state index contributed by atoms with van der Waals surface area (Å²) >= 11 is 0. The van der Waals surface area contributed by atoms with Crippen molar-refractivity contribution in [2.45, 2.75) is 0 Å². The highest BCUT2D eigenvalue weighted by molar-refractivity contribution is 7.23. The molecule has 0 aromatic heterocycles. The number of anilines is 3. The van der Waals surface area contributed by atoms with E-state index in [2.05, 4.69) is 254 Å². The summed E-state index contributed by atoms with van der Waals surface area (Å²) in [6.45, 7) is 0. The summed E-state index contributed by atoms with van der Waals surface area (Å²) in [5, 5.41) is 13.4. The van der Waals surface area contributed by atoms with Crippen molar-refractivity contribution in [3.05, 3.63) is 249 Å². The van der Waals surface area contributed by atoms with E-state index in [-0.39, 0.29) is 0 Å². The summed E-state index contributed by atoms with van der Waals surface area (Å²) in [5.74, 6) is 0. The molecule has 0 amide bonds. The summed E-state index contributed by atoms with van der Waals surface area (Å²) in [5.41, 5.74) is 10.9. The highest BCUT2D eigenvalue weighted by Gasteiger charge is 2.49.